The van der Waals surface area contributed by atoms with Crippen molar-refractivity contribution in [3.8, 4) is 0 Å². The van der Waals surface area contributed by atoms with Gasteiger partial charge < -0.3 is 43.6 Å². The first-order chi connectivity index (χ1) is 8.54. The minimum Gasteiger partial charge on any atom is -0.550 e. The third-order valence-electron chi connectivity index (χ3n) is 2.17. The summed E-state index contributed by atoms with van der Waals surface area (Å²) in [5.74, 6) is -2.28. The van der Waals surface area contributed by atoms with Gasteiger partial charge in [0.1, 0.15) is 0 Å². The van der Waals surface area contributed by atoms with Crippen LogP contribution in [0.25, 0.3) is 0 Å². The van der Waals surface area contributed by atoms with E-state index in [0.29, 0.717) is 12.8 Å². The number of carboxylic acids is 2. The molecule has 0 aromatic carbocycles. The standard InChI is InChI=1S/C6H16N2.C6H10O4.2H3N/c7-5-3-1-2-4-6-8;7-5(8)3-1-2-4-6(9)10;;/h1-8H2;1-4H2,(H,7,8)(H,9,10);2*1H3. The van der Waals surface area contributed by atoms with Gasteiger partial charge in [0.15, 0.2) is 0 Å². The number of carboxylic acid groups (broad SMARTS) is 2. The van der Waals surface area contributed by atoms with Crippen LogP contribution in [-0.2, 0) is 9.59 Å². The predicted molar refractivity (Wildman–Crippen MR) is 77.0 cm³/mol. The van der Waals surface area contributed by atoms with E-state index in [2.05, 4.69) is 0 Å². The summed E-state index contributed by atoms with van der Waals surface area (Å²) in [6, 6.07) is 0. The van der Waals surface area contributed by atoms with Gasteiger partial charge in [0.25, 0.3) is 0 Å². The third-order valence-corrected chi connectivity index (χ3v) is 2.17. The van der Waals surface area contributed by atoms with Gasteiger partial charge in [-0.2, -0.15) is 0 Å². The average Bonchev–Trinajstić information content (AvgIpc) is 2.31. The lowest BCUT2D eigenvalue weighted by molar-refractivity contribution is -0.308. The maximum absolute atomic E-state index is 9.77. The van der Waals surface area contributed by atoms with Gasteiger partial charge in [-0.05, 0) is 51.6 Å². The number of nitrogens with two attached hydrogens (primary N) is 2. The minimum absolute atomic E-state index is 0. The van der Waals surface area contributed by atoms with Crippen LogP contribution in [0.3, 0.4) is 0 Å². The maximum Gasteiger partial charge on any atom is 0.0414 e. The van der Waals surface area contributed by atoms with Crippen molar-refractivity contribution in [3.63, 3.8) is 0 Å². The number of quaternary nitrogens is 2. The Bertz CT molecular complexity index is 194. The largest absolute Gasteiger partial charge is 0.550 e. The summed E-state index contributed by atoms with van der Waals surface area (Å²) in [7, 11) is 0. The van der Waals surface area contributed by atoms with Crippen molar-refractivity contribution in [2.75, 3.05) is 13.1 Å². The molecule has 20 heavy (non-hydrogen) atoms. The number of unbranched alkanes of at least 4 members (excludes halogenated alkanes) is 4. The highest BCUT2D eigenvalue weighted by molar-refractivity contribution is 5.65. The summed E-state index contributed by atoms with van der Waals surface area (Å²) in [5.41, 5.74) is 10.6. The number of carbonyl (C=O) groups excluding carboxylic acids is 2. The first kappa shape index (κ1) is 27.2. The second-order valence-electron chi connectivity index (χ2n) is 3.94. The molecule has 0 aliphatic carbocycles. The third kappa shape index (κ3) is 36.0. The van der Waals surface area contributed by atoms with Crippen molar-refractivity contribution in [1.29, 1.82) is 0 Å². The second-order valence-corrected chi connectivity index (χ2v) is 3.94. The highest BCUT2D eigenvalue weighted by atomic mass is 16.4. The molecule has 0 amide bonds. The van der Waals surface area contributed by atoms with Gasteiger partial charge in [-0.15, -0.1) is 0 Å². The van der Waals surface area contributed by atoms with Gasteiger partial charge >= 0.3 is 0 Å². The molecule has 12 N–H and O–H groups in total. The fourth-order valence-electron chi connectivity index (χ4n) is 1.18. The van der Waals surface area contributed by atoms with Crippen LogP contribution >= 0.6 is 0 Å². The Labute approximate surface area is 121 Å². The lowest BCUT2D eigenvalue weighted by atomic mass is 10.2. The lowest BCUT2D eigenvalue weighted by Crippen LogP contribution is -2.23. The SMILES string of the molecule is NCCCCCCN.O=C([O-])CCCCC(=O)[O-].[NH4+].[NH4+]. The molecule has 0 aliphatic heterocycles. The molecule has 124 valence electrons. The Balaban J connectivity index is -0.000000119. The van der Waals surface area contributed by atoms with E-state index in [4.69, 9.17) is 11.5 Å². The summed E-state index contributed by atoms with van der Waals surface area (Å²) >= 11 is 0. The quantitative estimate of drug-likeness (QED) is 0.381. The van der Waals surface area contributed by atoms with E-state index in [9.17, 15) is 19.8 Å². The van der Waals surface area contributed by atoms with Crippen LogP contribution in [0.5, 0.6) is 0 Å². The van der Waals surface area contributed by atoms with Crippen molar-refractivity contribution in [1.82, 2.24) is 12.3 Å². The summed E-state index contributed by atoms with van der Waals surface area (Å²) in [4.78, 5) is 19.5. The van der Waals surface area contributed by atoms with Gasteiger partial charge in [0.05, 0.1) is 0 Å². The fourth-order valence-corrected chi connectivity index (χ4v) is 1.18. The topological polar surface area (TPSA) is 205 Å². The number of carbonyl (C=O) groups is 2. The van der Waals surface area contributed by atoms with Crippen LogP contribution < -0.4 is 34.0 Å². The number of rotatable bonds is 10. The van der Waals surface area contributed by atoms with Gasteiger partial charge in [-0.1, -0.05) is 12.8 Å². The van der Waals surface area contributed by atoms with Gasteiger partial charge in [0, 0.05) is 11.9 Å². The molecule has 0 saturated heterocycles. The molecule has 0 heterocycles. The van der Waals surface area contributed by atoms with E-state index in [1.807, 2.05) is 0 Å². The summed E-state index contributed by atoms with van der Waals surface area (Å²) in [5, 5.41) is 19.5. The van der Waals surface area contributed by atoms with Crippen LogP contribution in [0.2, 0.25) is 0 Å². The summed E-state index contributed by atoms with van der Waals surface area (Å²) in [6.07, 6.45) is 5.33. The molecule has 0 aromatic rings. The molecule has 0 radical (unpaired) electrons. The average molecular weight is 296 g/mol. The van der Waals surface area contributed by atoms with Crippen LogP contribution in [0.4, 0.5) is 0 Å². The smallest absolute Gasteiger partial charge is 0.0414 e. The zero-order valence-electron chi connectivity index (χ0n) is 12.9. The van der Waals surface area contributed by atoms with Gasteiger partial charge in [0.2, 0.25) is 0 Å². The Hall–Kier alpha value is -1.22. The normalized spacial score (nSPS) is 8.50. The molecule has 8 heteroatoms. The van der Waals surface area contributed by atoms with Crippen molar-refractivity contribution in [2.24, 2.45) is 11.5 Å². The van der Waals surface area contributed by atoms with E-state index in [1.54, 1.807) is 0 Å². The molecular weight excluding hydrogens is 264 g/mol. The molecule has 8 nitrogen and oxygen atoms in total. The lowest BCUT2D eigenvalue weighted by Gasteiger charge is -2.01. The first-order valence-corrected chi connectivity index (χ1v) is 6.34. The Morgan fingerprint density at radius 3 is 1.15 bits per heavy atom. The molecule has 0 unspecified atom stereocenters. The van der Waals surface area contributed by atoms with E-state index >= 15 is 0 Å². The van der Waals surface area contributed by atoms with Crippen molar-refractivity contribution in [2.45, 2.75) is 51.4 Å². The minimum atomic E-state index is -1.14. The number of hydrogen-bond donors (Lipinski definition) is 4. The molecule has 0 saturated carbocycles. The monoisotopic (exact) mass is 296 g/mol. The zero-order chi connectivity index (χ0) is 14.2. The Morgan fingerprint density at radius 1 is 0.650 bits per heavy atom. The zero-order valence-corrected chi connectivity index (χ0v) is 12.9. The van der Waals surface area contributed by atoms with E-state index in [0.717, 1.165) is 25.9 Å². The summed E-state index contributed by atoms with van der Waals surface area (Å²) < 4.78 is 0. The predicted octanol–water partition coefficient (Wildman–Crippen LogP) is -0.737. The molecule has 0 fully saturated rings. The van der Waals surface area contributed by atoms with Crippen LogP contribution in [0, 0.1) is 0 Å². The molecule has 0 aromatic heterocycles. The molecule has 0 aliphatic rings. The van der Waals surface area contributed by atoms with Crippen molar-refractivity contribution in [3.05, 3.63) is 0 Å². The van der Waals surface area contributed by atoms with Crippen LogP contribution in [0.15, 0.2) is 0 Å². The molecule has 0 bridgehead atoms. The highest BCUT2D eigenvalue weighted by Crippen LogP contribution is 1.97. The van der Waals surface area contributed by atoms with Crippen molar-refractivity contribution < 1.29 is 19.8 Å². The first-order valence-electron chi connectivity index (χ1n) is 6.34. The van der Waals surface area contributed by atoms with E-state index < -0.39 is 11.9 Å². The molecule has 0 spiro atoms. The highest BCUT2D eigenvalue weighted by Gasteiger charge is 1.89. The number of aliphatic carboxylic acids is 2. The van der Waals surface area contributed by atoms with Crippen molar-refractivity contribution >= 4 is 11.9 Å². The molecule has 0 rings (SSSR count). The van der Waals surface area contributed by atoms with Crippen LogP contribution in [0.1, 0.15) is 51.4 Å². The second kappa shape index (κ2) is 22.9. The van der Waals surface area contributed by atoms with E-state index in [1.165, 1.54) is 12.8 Å². The van der Waals surface area contributed by atoms with Crippen LogP contribution in [-0.4, -0.2) is 25.0 Å². The fraction of sp³-hybridized carbons (Fsp3) is 0.833. The Morgan fingerprint density at radius 2 is 0.950 bits per heavy atom. The van der Waals surface area contributed by atoms with Gasteiger partial charge in [-0.3, -0.25) is 0 Å². The molecule has 0 atom stereocenters. The Kier molecular flexibility index (Phi) is 31.1. The summed E-state index contributed by atoms with van der Waals surface area (Å²) in [6.45, 7) is 1.65. The van der Waals surface area contributed by atoms with Gasteiger partial charge in [-0.25, -0.2) is 0 Å². The molecular formula is C12H32N4O4. The van der Waals surface area contributed by atoms with E-state index in [-0.39, 0.29) is 25.1 Å². The maximum atomic E-state index is 9.77. The number of hydrogen-bond acceptors (Lipinski definition) is 6.